The number of hydrogen-bond donors (Lipinski definition) is 2. The molecule has 1 aliphatic carbocycles. The Bertz CT molecular complexity index is 346. The van der Waals surface area contributed by atoms with Gasteiger partial charge in [0.1, 0.15) is 0 Å². The van der Waals surface area contributed by atoms with Gasteiger partial charge in [0.05, 0.1) is 0 Å². The lowest BCUT2D eigenvalue weighted by Gasteiger charge is -2.48. The summed E-state index contributed by atoms with van der Waals surface area (Å²) in [4.78, 5) is 14.9. The number of nitrogens with one attached hydrogen (secondary N) is 1. The highest BCUT2D eigenvalue weighted by Gasteiger charge is 2.38. The van der Waals surface area contributed by atoms with Crippen molar-refractivity contribution in [3.05, 3.63) is 0 Å². The molecule has 0 aromatic carbocycles. The molecule has 0 aromatic rings. The molecule has 2 rings (SSSR count). The van der Waals surface area contributed by atoms with Gasteiger partial charge in [-0.3, -0.25) is 9.69 Å². The number of carbonyl (C=O) groups excluding carboxylic acids is 1. The smallest absolute Gasteiger partial charge is 0.224 e. The molecule has 0 aromatic heterocycles. The van der Waals surface area contributed by atoms with E-state index in [1.807, 2.05) is 25.6 Å². The van der Waals surface area contributed by atoms with Crippen LogP contribution in [0.4, 0.5) is 0 Å². The zero-order valence-corrected chi connectivity index (χ0v) is 16.8. The Balaban J connectivity index is 0.00000242. The molecule has 1 heterocycles. The maximum atomic E-state index is 12.2. The molecule has 2 fully saturated rings. The molecular formula is C16H33Cl2N3OS. The molecule has 0 spiro atoms. The first-order valence-electron chi connectivity index (χ1n) is 8.41. The third kappa shape index (κ3) is 6.28. The number of thioether (sulfide) groups is 1. The fraction of sp³-hybridized carbons (Fsp3) is 0.938. The van der Waals surface area contributed by atoms with Crippen molar-refractivity contribution in [1.82, 2.24) is 10.2 Å². The van der Waals surface area contributed by atoms with Gasteiger partial charge in [-0.2, -0.15) is 11.8 Å². The second kappa shape index (κ2) is 11.0. The number of amides is 1. The normalized spacial score (nSPS) is 23.8. The monoisotopic (exact) mass is 385 g/mol. The Hall–Kier alpha value is 0.320. The minimum absolute atomic E-state index is 0. The van der Waals surface area contributed by atoms with E-state index in [0.29, 0.717) is 0 Å². The predicted molar refractivity (Wildman–Crippen MR) is 105 cm³/mol. The number of hydrogen-bond acceptors (Lipinski definition) is 4. The van der Waals surface area contributed by atoms with Crippen molar-refractivity contribution in [2.24, 2.45) is 11.7 Å². The Morgan fingerprint density at radius 2 is 1.74 bits per heavy atom. The molecule has 3 N–H and O–H groups in total. The maximum Gasteiger partial charge on any atom is 0.224 e. The minimum atomic E-state index is -0.109. The summed E-state index contributed by atoms with van der Waals surface area (Å²) in [5.41, 5.74) is 6.05. The Morgan fingerprint density at radius 3 is 2.26 bits per heavy atom. The molecule has 7 heteroatoms. The van der Waals surface area contributed by atoms with Crippen LogP contribution in [0.25, 0.3) is 0 Å². The van der Waals surface area contributed by atoms with E-state index in [9.17, 15) is 4.79 Å². The summed E-state index contributed by atoms with van der Waals surface area (Å²) in [6.45, 7) is 6.97. The SMILES string of the molecule is CC(N)C(C)C(=O)NCC1(N2CCSCC2)CCCCC1.Cl.Cl. The van der Waals surface area contributed by atoms with Gasteiger partial charge in [-0.1, -0.05) is 26.2 Å². The van der Waals surface area contributed by atoms with E-state index >= 15 is 0 Å². The summed E-state index contributed by atoms with van der Waals surface area (Å²) in [5.74, 6) is 2.46. The lowest BCUT2D eigenvalue weighted by molar-refractivity contribution is -0.125. The van der Waals surface area contributed by atoms with Gasteiger partial charge in [0.15, 0.2) is 0 Å². The molecule has 1 aliphatic heterocycles. The third-order valence-corrected chi connectivity index (χ3v) is 6.20. The van der Waals surface area contributed by atoms with E-state index in [1.54, 1.807) is 0 Å². The lowest BCUT2D eigenvalue weighted by Crippen LogP contribution is -2.59. The fourth-order valence-corrected chi connectivity index (χ4v) is 4.41. The Morgan fingerprint density at radius 1 is 1.17 bits per heavy atom. The predicted octanol–water partition coefficient (Wildman–Crippen LogP) is 2.68. The average molecular weight is 386 g/mol. The van der Waals surface area contributed by atoms with Crippen LogP contribution in [0.3, 0.4) is 0 Å². The summed E-state index contributed by atoms with van der Waals surface area (Å²) in [7, 11) is 0. The van der Waals surface area contributed by atoms with Crippen LogP contribution in [0.5, 0.6) is 0 Å². The second-order valence-corrected chi connectivity index (χ2v) is 7.97. The molecule has 1 saturated heterocycles. The summed E-state index contributed by atoms with van der Waals surface area (Å²) < 4.78 is 0. The number of nitrogens with two attached hydrogens (primary N) is 1. The average Bonchev–Trinajstić information content (AvgIpc) is 2.53. The van der Waals surface area contributed by atoms with E-state index in [-0.39, 0.29) is 48.2 Å². The van der Waals surface area contributed by atoms with Crippen molar-refractivity contribution in [2.45, 2.75) is 57.5 Å². The quantitative estimate of drug-likeness (QED) is 0.763. The molecule has 2 atom stereocenters. The topological polar surface area (TPSA) is 58.4 Å². The van der Waals surface area contributed by atoms with Gasteiger partial charge in [0.25, 0.3) is 0 Å². The van der Waals surface area contributed by atoms with Gasteiger partial charge >= 0.3 is 0 Å². The lowest BCUT2D eigenvalue weighted by atomic mass is 9.79. The Kier molecular flexibility index (Phi) is 11.2. The first-order chi connectivity index (χ1) is 10.1. The second-order valence-electron chi connectivity index (χ2n) is 6.75. The third-order valence-electron chi connectivity index (χ3n) is 5.26. The fourth-order valence-electron chi connectivity index (χ4n) is 3.50. The first kappa shape index (κ1) is 23.3. The van der Waals surface area contributed by atoms with Crippen LogP contribution in [0, 0.1) is 5.92 Å². The van der Waals surface area contributed by atoms with Crippen molar-refractivity contribution >= 4 is 42.5 Å². The maximum absolute atomic E-state index is 12.2. The number of halogens is 2. The van der Waals surface area contributed by atoms with Crippen LogP contribution in [0.2, 0.25) is 0 Å². The van der Waals surface area contributed by atoms with Crippen LogP contribution >= 0.6 is 36.6 Å². The number of rotatable bonds is 5. The molecule has 2 unspecified atom stereocenters. The van der Waals surface area contributed by atoms with Gasteiger partial charge in [0.2, 0.25) is 5.91 Å². The molecule has 0 radical (unpaired) electrons. The van der Waals surface area contributed by atoms with E-state index in [0.717, 1.165) is 6.54 Å². The van der Waals surface area contributed by atoms with E-state index < -0.39 is 0 Å². The van der Waals surface area contributed by atoms with Crippen LogP contribution in [-0.4, -0.2) is 53.5 Å². The first-order valence-corrected chi connectivity index (χ1v) is 9.57. The number of carbonyl (C=O) groups is 1. The van der Waals surface area contributed by atoms with Crippen molar-refractivity contribution in [1.29, 1.82) is 0 Å². The summed E-state index contributed by atoms with van der Waals surface area (Å²) >= 11 is 2.05. The van der Waals surface area contributed by atoms with Crippen LogP contribution in [-0.2, 0) is 4.79 Å². The molecule has 2 aliphatic rings. The van der Waals surface area contributed by atoms with Crippen molar-refractivity contribution in [3.8, 4) is 0 Å². The van der Waals surface area contributed by atoms with Crippen molar-refractivity contribution < 1.29 is 4.79 Å². The van der Waals surface area contributed by atoms with Crippen LogP contribution in [0.1, 0.15) is 46.0 Å². The summed E-state index contributed by atoms with van der Waals surface area (Å²) in [5, 5.41) is 3.20. The van der Waals surface area contributed by atoms with Gasteiger partial charge in [-0.05, 0) is 19.8 Å². The molecule has 23 heavy (non-hydrogen) atoms. The van der Waals surface area contributed by atoms with Gasteiger partial charge in [-0.15, -0.1) is 24.8 Å². The highest BCUT2D eigenvalue weighted by Crippen LogP contribution is 2.34. The summed E-state index contributed by atoms with van der Waals surface area (Å²) in [6.07, 6.45) is 6.38. The van der Waals surface area contributed by atoms with Crippen molar-refractivity contribution in [3.63, 3.8) is 0 Å². The van der Waals surface area contributed by atoms with E-state index in [1.165, 1.54) is 56.7 Å². The van der Waals surface area contributed by atoms with Gasteiger partial charge in [-0.25, -0.2) is 0 Å². The van der Waals surface area contributed by atoms with Gasteiger partial charge < -0.3 is 11.1 Å². The summed E-state index contributed by atoms with van der Waals surface area (Å²) in [6, 6.07) is -0.0845. The minimum Gasteiger partial charge on any atom is -0.354 e. The zero-order chi connectivity index (χ0) is 15.3. The largest absolute Gasteiger partial charge is 0.354 e. The van der Waals surface area contributed by atoms with E-state index in [2.05, 4.69) is 10.2 Å². The molecule has 1 saturated carbocycles. The highest BCUT2D eigenvalue weighted by atomic mass is 35.5. The zero-order valence-electron chi connectivity index (χ0n) is 14.4. The Labute approximate surface area is 157 Å². The highest BCUT2D eigenvalue weighted by molar-refractivity contribution is 7.99. The molecule has 138 valence electrons. The molecule has 4 nitrogen and oxygen atoms in total. The molecular weight excluding hydrogens is 353 g/mol. The molecule has 0 bridgehead atoms. The number of nitrogens with zero attached hydrogens (tertiary/aromatic N) is 1. The van der Waals surface area contributed by atoms with E-state index in [4.69, 9.17) is 5.73 Å². The van der Waals surface area contributed by atoms with Crippen molar-refractivity contribution in [2.75, 3.05) is 31.1 Å². The standard InChI is InChI=1S/C16H31N3OS.2ClH/c1-13(14(2)17)15(20)18-12-16(6-4-3-5-7-16)19-8-10-21-11-9-19;;/h13-14H,3-12,17H2,1-2H3,(H,18,20);2*1H. The van der Waals surface area contributed by atoms with Crippen LogP contribution in [0.15, 0.2) is 0 Å². The molecule has 1 amide bonds. The van der Waals surface area contributed by atoms with Gasteiger partial charge in [0, 0.05) is 48.6 Å². The van der Waals surface area contributed by atoms with Crippen LogP contribution < -0.4 is 11.1 Å².